The van der Waals surface area contributed by atoms with E-state index < -0.39 is 4.92 Å². The number of carbonyl (C=O) groups is 2. The zero-order chi connectivity index (χ0) is 18.5. The average molecular weight is 348 g/mol. The number of non-ortho nitro benzene ring substituents is 1. The number of hydrogen-bond acceptors (Lipinski definition) is 4. The summed E-state index contributed by atoms with van der Waals surface area (Å²) in [6.07, 6.45) is 0.0768. The molecule has 6 heteroatoms. The number of carbonyl (C=O) groups excluding carboxylic acids is 2. The molecule has 130 valence electrons. The van der Waals surface area contributed by atoms with Crippen molar-refractivity contribution in [2.45, 2.75) is 12.8 Å². The number of nitro benzene ring substituents is 1. The van der Waals surface area contributed by atoms with Crippen molar-refractivity contribution in [2.75, 3.05) is 5.32 Å². The third-order valence-corrected chi connectivity index (χ3v) is 3.99. The van der Waals surface area contributed by atoms with Gasteiger partial charge in [0.2, 0.25) is 5.91 Å². The van der Waals surface area contributed by atoms with Gasteiger partial charge in [-0.15, -0.1) is 0 Å². The molecule has 3 rings (SSSR count). The van der Waals surface area contributed by atoms with Crippen LogP contribution in [-0.2, 0) is 4.79 Å². The number of anilines is 1. The first kappa shape index (κ1) is 17.3. The van der Waals surface area contributed by atoms with Gasteiger partial charge in [-0.1, -0.05) is 42.5 Å². The Labute approximate surface area is 149 Å². The topological polar surface area (TPSA) is 89.3 Å². The Morgan fingerprint density at radius 2 is 1.65 bits per heavy atom. The van der Waals surface area contributed by atoms with Gasteiger partial charge in [-0.05, 0) is 22.9 Å². The Kier molecular flexibility index (Phi) is 5.03. The number of Topliss-reactive ketones (excluding diaryl/α,β-unsaturated/α-hetero) is 1. The van der Waals surface area contributed by atoms with Crippen molar-refractivity contribution in [2.24, 2.45) is 0 Å². The summed E-state index contributed by atoms with van der Waals surface area (Å²) in [7, 11) is 0. The molecule has 0 fully saturated rings. The summed E-state index contributed by atoms with van der Waals surface area (Å²) >= 11 is 0. The van der Waals surface area contributed by atoms with E-state index >= 15 is 0 Å². The zero-order valence-corrected chi connectivity index (χ0v) is 13.8. The standard InChI is InChI=1S/C20H16N2O4/c23-19(16-9-8-14-4-1-2-5-15(14)12-16)10-11-20(24)21-17-6-3-7-18(13-17)22(25)26/h1-9,12-13H,10-11H2,(H,21,24). The maximum absolute atomic E-state index is 12.3. The van der Waals surface area contributed by atoms with Gasteiger partial charge in [-0.3, -0.25) is 19.7 Å². The number of fused-ring (bicyclic) bond motifs is 1. The van der Waals surface area contributed by atoms with Crippen LogP contribution in [-0.4, -0.2) is 16.6 Å². The highest BCUT2D eigenvalue weighted by atomic mass is 16.6. The summed E-state index contributed by atoms with van der Waals surface area (Å²) in [6, 6.07) is 18.9. The van der Waals surface area contributed by atoms with E-state index in [9.17, 15) is 19.7 Å². The lowest BCUT2D eigenvalue weighted by atomic mass is 10.0. The number of rotatable bonds is 6. The number of nitrogens with one attached hydrogen (secondary N) is 1. The van der Waals surface area contributed by atoms with Gasteiger partial charge in [0.15, 0.2) is 5.78 Å². The highest BCUT2D eigenvalue weighted by Gasteiger charge is 2.12. The predicted octanol–water partition coefficient (Wildman–Crippen LogP) is 4.35. The number of ketones is 1. The summed E-state index contributed by atoms with van der Waals surface area (Å²) in [6.45, 7) is 0. The van der Waals surface area contributed by atoms with Crippen LogP contribution >= 0.6 is 0 Å². The van der Waals surface area contributed by atoms with E-state index in [1.165, 1.54) is 18.2 Å². The molecule has 0 bridgehead atoms. The number of nitrogens with zero attached hydrogens (tertiary/aromatic N) is 1. The molecule has 0 heterocycles. The van der Waals surface area contributed by atoms with Crippen molar-refractivity contribution in [1.82, 2.24) is 0 Å². The lowest BCUT2D eigenvalue weighted by Gasteiger charge is -2.06. The van der Waals surface area contributed by atoms with Crippen LogP contribution in [0.15, 0.2) is 66.7 Å². The van der Waals surface area contributed by atoms with Gasteiger partial charge in [0.05, 0.1) is 4.92 Å². The van der Waals surface area contributed by atoms with Crippen LogP contribution in [0, 0.1) is 10.1 Å². The molecule has 1 N–H and O–H groups in total. The monoisotopic (exact) mass is 348 g/mol. The molecular formula is C20H16N2O4. The maximum Gasteiger partial charge on any atom is 0.271 e. The molecule has 1 amide bonds. The van der Waals surface area contributed by atoms with Gasteiger partial charge < -0.3 is 5.32 Å². The van der Waals surface area contributed by atoms with Crippen molar-refractivity contribution in [3.63, 3.8) is 0 Å². The third-order valence-electron chi connectivity index (χ3n) is 3.99. The lowest BCUT2D eigenvalue weighted by Crippen LogP contribution is -2.13. The summed E-state index contributed by atoms with van der Waals surface area (Å²) in [4.78, 5) is 34.6. The van der Waals surface area contributed by atoms with Gasteiger partial charge in [-0.2, -0.15) is 0 Å². The van der Waals surface area contributed by atoms with E-state index in [1.807, 2.05) is 36.4 Å². The van der Waals surface area contributed by atoms with Gasteiger partial charge in [0.1, 0.15) is 0 Å². The minimum absolute atomic E-state index is 0.00829. The fourth-order valence-electron chi connectivity index (χ4n) is 2.65. The Bertz CT molecular complexity index is 998. The number of amides is 1. The van der Waals surface area contributed by atoms with Gasteiger partial charge >= 0.3 is 0 Å². The molecule has 0 radical (unpaired) electrons. The van der Waals surface area contributed by atoms with Gasteiger partial charge in [-0.25, -0.2) is 0 Å². The Balaban J connectivity index is 1.60. The second kappa shape index (κ2) is 7.57. The van der Waals surface area contributed by atoms with Crippen LogP contribution in [0.2, 0.25) is 0 Å². The van der Waals surface area contributed by atoms with E-state index in [4.69, 9.17) is 0 Å². The SMILES string of the molecule is O=C(CCC(=O)c1ccc2ccccc2c1)Nc1cccc([N+](=O)[O-])c1. The van der Waals surface area contributed by atoms with Crippen LogP contribution in [0.5, 0.6) is 0 Å². The van der Waals surface area contributed by atoms with E-state index in [0.29, 0.717) is 11.3 Å². The second-order valence-corrected chi connectivity index (χ2v) is 5.84. The summed E-state index contributed by atoms with van der Waals surface area (Å²) < 4.78 is 0. The van der Waals surface area contributed by atoms with Crippen LogP contribution in [0.25, 0.3) is 10.8 Å². The molecule has 3 aromatic carbocycles. The summed E-state index contributed by atoms with van der Waals surface area (Å²) in [5.74, 6) is -0.482. The smallest absolute Gasteiger partial charge is 0.271 e. The van der Waals surface area contributed by atoms with Crippen molar-refractivity contribution in [3.05, 3.63) is 82.4 Å². The first-order valence-corrected chi connectivity index (χ1v) is 8.09. The van der Waals surface area contributed by atoms with Gasteiger partial charge in [0.25, 0.3) is 5.69 Å². The van der Waals surface area contributed by atoms with E-state index in [1.54, 1.807) is 12.1 Å². The average Bonchev–Trinajstić information content (AvgIpc) is 2.66. The molecule has 0 saturated heterocycles. The molecule has 0 aliphatic heterocycles. The van der Waals surface area contributed by atoms with Crippen LogP contribution in [0.4, 0.5) is 11.4 Å². The first-order valence-electron chi connectivity index (χ1n) is 8.09. The Morgan fingerprint density at radius 1 is 0.885 bits per heavy atom. The second-order valence-electron chi connectivity index (χ2n) is 5.84. The van der Waals surface area contributed by atoms with Gasteiger partial charge in [0, 0.05) is 36.2 Å². The maximum atomic E-state index is 12.3. The minimum Gasteiger partial charge on any atom is -0.326 e. The predicted molar refractivity (Wildman–Crippen MR) is 99.2 cm³/mol. The molecule has 6 nitrogen and oxygen atoms in total. The summed E-state index contributed by atoms with van der Waals surface area (Å²) in [5, 5.41) is 15.4. The van der Waals surface area contributed by atoms with Crippen LogP contribution < -0.4 is 5.32 Å². The molecule has 26 heavy (non-hydrogen) atoms. The lowest BCUT2D eigenvalue weighted by molar-refractivity contribution is -0.384. The molecule has 0 atom stereocenters. The van der Waals surface area contributed by atoms with E-state index in [0.717, 1.165) is 10.8 Å². The Morgan fingerprint density at radius 3 is 2.42 bits per heavy atom. The quantitative estimate of drug-likeness (QED) is 0.407. The minimum atomic E-state index is -0.529. The fraction of sp³-hybridized carbons (Fsp3) is 0.100. The highest BCUT2D eigenvalue weighted by molar-refractivity contribution is 6.02. The molecule has 0 aliphatic rings. The van der Waals surface area contributed by atoms with E-state index in [2.05, 4.69) is 5.32 Å². The molecule has 3 aromatic rings. The number of benzene rings is 3. The molecule has 0 aliphatic carbocycles. The van der Waals surface area contributed by atoms with E-state index in [-0.39, 0.29) is 30.2 Å². The fourth-order valence-corrected chi connectivity index (χ4v) is 2.65. The van der Waals surface area contributed by atoms with Crippen LogP contribution in [0.3, 0.4) is 0 Å². The molecule has 0 aromatic heterocycles. The Hall–Kier alpha value is -3.54. The van der Waals surface area contributed by atoms with Crippen molar-refractivity contribution >= 4 is 33.8 Å². The van der Waals surface area contributed by atoms with Crippen molar-refractivity contribution in [1.29, 1.82) is 0 Å². The number of nitro groups is 1. The molecule has 0 unspecified atom stereocenters. The molecule has 0 saturated carbocycles. The third kappa shape index (κ3) is 4.10. The summed E-state index contributed by atoms with van der Waals surface area (Å²) in [5.41, 5.74) is 0.796. The normalized spacial score (nSPS) is 10.5. The number of hydrogen-bond donors (Lipinski definition) is 1. The largest absolute Gasteiger partial charge is 0.326 e. The van der Waals surface area contributed by atoms with Crippen molar-refractivity contribution in [3.8, 4) is 0 Å². The molecular weight excluding hydrogens is 332 g/mol. The first-order chi connectivity index (χ1) is 12.5. The van der Waals surface area contributed by atoms with Crippen LogP contribution in [0.1, 0.15) is 23.2 Å². The molecule has 0 spiro atoms. The highest BCUT2D eigenvalue weighted by Crippen LogP contribution is 2.19. The zero-order valence-electron chi connectivity index (χ0n) is 13.8. The van der Waals surface area contributed by atoms with Crippen molar-refractivity contribution < 1.29 is 14.5 Å².